The van der Waals surface area contributed by atoms with Crippen LogP contribution in [0.3, 0.4) is 0 Å². The summed E-state index contributed by atoms with van der Waals surface area (Å²) in [7, 11) is 1.73. The van der Waals surface area contributed by atoms with Gasteiger partial charge >= 0.3 is 0 Å². The highest BCUT2D eigenvalue weighted by Gasteiger charge is 2.46. The number of fused-ring (bicyclic) bond motifs is 1. The Kier molecular flexibility index (Phi) is 5.46. The Bertz CT molecular complexity index is 1380. The predicted molar refractivity (Wildman–Crippen MR) is 123 cm³/mol. The predicted octanol–water partition coefficient (Wildman–Crippen LogP) is 4.41. The second-order valence-electron chi connectivity index (χ2n) is 9.58. The van der Waals surface area contributed by atoms with Crippen LogP contribution < -0.4 is 14.8 Å². The fourth-order valence-electron chi connectivity index (χ4n) is 4.22. The lowest BCUT2D eigenvalue weighted by Gasteiger charge is -2.38. The van der Waals surface area contributed by atoms with Crippen molar-refractivity contribution in [3.05, 3.63) is 65.1 Å². The van der Waals surface area contributed by atoms with Crippen LogP contribution >= 0.6 is 0 Å². The molecule has 2 aromatic carbocycles. The molecule has 0 spiro atoms. The van der Waals surface area contributed by atoms with E-state index in [1.165, 1.54) is 18.2 Å². The third kappa shape index (κ3) is 4.60. The van der Waals surface area contributed by atoms with Crippen molar-refractivity contribution in [1.82, 2.24) is 14.7 Å². The van der Waals surface area contributed by atoms with E-state index in [-0.39, 0.29) is 16.9 Å². The number of rotatable bonds is 5. The number of benzene rings is 2. The lowest BCUT2D eigenvalue weighted by Crippen LogP contribution is -2.58. The average molecular weight is 500 g/mol. The van der Waals surface area contributed by atoms with Gasteiger partial charge in [0, 0.05) is 42.9 Å². The first kappa shape index (κ1) is 23.7. The molecule has 0 saturated carbocycles. The van der Waals surface area contributed by atoms with Crippen LogP contribution in [0.15, 0.2) is 42.6 Å². The first-order chi connectivity index (χ1) is 16.9. The number of nitrogens with zero attached hydrogens (tertiary/aromatic N) is 3. The first-order valence-corrected chi connectivity index (χ1v) is 11.2. The highest BCUT2D eigenvalue weighted by atomic mass is 19.3. The zero-order valence-corrected chi connectivity index (χ0v) is 19.8. The minimum absolute atomic E-state index is 0.0761. The van der Waals surface area contributed by atoms with Crippen molar-refractivity contribution in [2.24, 2.45) is 7.05 Å². The van der Waals surface area contributed by atoms with Crippen LogP contribution in [0.2, 0.25) is 0 Å². The van der Waals surface area contributed by atoms with Crippen LogP contribution in [0.1, 0.15) is 40.1 Å². The minimum Gasteiger partial charge on any atom is -0.487 e. The van der Waals surface area contributed by atoms with Crippen LogP contribution in [0.25, 0.3) is 0 Å². The van der Waals surface area contributed by atoms with Gasteiger partial charge in [-0.1, -0.05) is 0 Å². The summed E-state index contributed by atoms with van der Waals surface area (Å²) in [5.74, 6) is -3.88. The van der Waals surface area contributed by atoms with Crippen LogP contribution in [-0.2, 0) is 13.5 Å². The van der Waals surface area contributed by atoms with Crippen molar-refractivity contribution >= 4 is 17.6 Å². The molecule has 2 aliphatic heterocycles. The zero-order valence-electron chi connectivity index (χ0n) is 19.8. The number of aryl methyl sites for hydroxylation is 1. The number of aromatic nitrogens is 2. The summed E-state index contributed by atoms with van der Waals surface area (Å²) < 4.78 is 54.4. The van der Waals surface area contributed by atoms with Crippen molar-refractivity contribution < 1.29 is 32.2 Å². The highest BCUT2D eigenvalue weighted by Crippen LogP contribution is 2.43. The lowest BCUT2D eigenvalue weighted by molar-refractivity contribution is -0.113. The summed E-state index contributed by atoms with van der Waals surface area (Å²) in [5.41, 5.74) is 0.0871. The number of carbonyl (C=O) groups excluding carboxylic acids is 2. The monoisotopic (exact) mass is 500 g/mol. The Morgan fingerprint density at radius 3 is 2.53 bits per heavy atom. The summed E-state index contributed by atoms with van der Waals surface area (Å²) in [6.07, 6.45) is 2.18. The normalized spacial score (nSPS) is 17.1. The van der Waals surface area contributed by atoms with Crippen molar-refractivity contribution in [3.63, 3.8) is 0 Å². The number of nitrogens with one attached hydrogen (secondary N) is 1. The largest absolute Gasteiger partial charge is 0.487 e. The van der Waals surface area contributed by atoms with Crippen molar-refractivity contribution in [2.45, 2.75) is 31.8 Å². The fraction of sp³-hybridized carbons (Fsp3) is 0.320. The van der Waals surface area contributed by atoms with Gasteiger partial charge in [-0.2, -0.15) is 5.10 Å². The molecular weight excluding hydrogens is 477 g/mol. The number of hydrogen-bond donors (Lipinski definition) is 1. The van der Waals surface area contributed by atoms with Crippen LogP contribution in [0.4, 0.5) is 19.0 Å². The molecule has 188 valence electrons. The van der Waals surface area contributed by atoms with E-state index in [1.54, 1.807) is 30.1 Å². The van der Waals surface area contributed by atoms with E-state index in [0.717, 1.165) is 11.0 Å². The lowest BCUT2D eigenvalue weighted by atomic mass is 9.99. The number of amides is 2. The van der Waals surface area contributed by atoms with Gasteiger partial charge < -0.3 is 19.7 Å². The van der Waals surface area contributed by atoms with Gasteiger partial charge in [0.15, 0.2) is 5.82 Å². The van der Waals surface area contributed by atoms with E-state index in [4.69, 9.17) is 9.47 Å². The first-order valence-electron chi connectivity index (χ1n) is 11.2. The summed E-state index contributed by atoms with van der Waals surface area (Å²) in [6.45, 7) is 2.31. The minimum atomic E-state index is -2.95. The van der Waals surface area contributed by atoms with Crippen molar-refractivity contribution in [2.75, 3.05) is 18.4 Å². The molecule has 0 radical (unpaired) electrons. The smallest absolute Gasteiger partial charge is 0.282 e. The Hall–Kier alpha value is -4.02. The van der Waals surface area contributed by atoms with E-state index < -0.39 is 42.2 Å². The molecule has 0 bridgehead atoms. The molecule has 1 aromatic heterocycles. The van der Waals surface area contributed by atoms with Gasteiger partial charge in [0.2, 0.25) is 0 Å². The Morgan fingerprint density at radius 1 is 1.14 bits per heavy atom. The Labute approximate surface area is 204 Å². The standard InChI is InChI=1S/C25H23F3N4O4/c1-24(2)11-17-19(8-14(9-20(17)36-24)22(33)29-21-6-7-31(3)30-21)35-15-4-5-16(18(26)10-15)23(34)32-12-25(27,28)13-32/h4-10H,11-13H2,1-3H3,(H,29,30,33). The van der Waals surface area contributed by atoms with Gasteiger partial charge in [-0.25, -0.2) is 13.2 Å². The molecule has 3 aromatic rings. The van der Waals surface area contributed by atoms with Gasteiger partial charge in [-0.15, -0.1) is 0 Å². The molecule has 0 atom stereocenters. The summed E-state index contributed by atoms with van der Waals surface area (Å²) in [4.78, 5) is 26.1. The van der Waals surface area contributed by atoms with Gasteiger partial charge in [-0.05, 0) is 38.1 Å². The fourth-order valence-corrected chi connectivity index (χ4v) is 4.22. The summed E-state index contributed by atoms with van der Waals surface area (Å²) >= 11 is 0. The second kappa shape index (κ2) is 8.28. The zero-order chi connectivity index (χ0) is 25.8. The number of alkyl halides is 2. The summed E-state index contributed by atoms with van der Waals surface area (Å²) in [6, 6.07) is 8.37. The molecule has 0 unspecified atom stereocenters. The maximum atomic E-state index is 14.8. The third-order valence-electron chi connectivity index (χ3n) is 5.90. The van der Waals surface area contributed by atoms with Gasteiger partial charge in [0.05, 0.1) is 18.7 Å². The molecule has 0 aliphatic carbocycles. The maximum absolute atomic E-state index is 14.8. The highest BCUT2D eigenvalue weighted by molar-refractivity contribution is 6.04. The van der Waals surface area contributed by atoms with Crippen molar-refractivity contribution in [1.29, 1.82) is 0 Å². The number of carbonyl (C=O) groups is 2. The molecule has 11 heteroatoms. The molecule has 1 saturated heterocycles. The topological polar surface area (TPSA) is 85.7 Å². The number of hydrogen-bond acceptors (Lipinski definition) is 5. The molecular formula is C25H23F3N4O4. The van der Waals surface area contributed by atoms with Crippen LogP contribution in [0, 0.1) is 5.82 Å². The van der Waals surface area contributed by atoms with Crippen LogP contribution in [-0.4, -0.2) is 51.1 Å². The quantitative estimate of drug-likeness (QED) is 0.561. The molecule has 8 nitrogen and oxygen atoms in total. The molecule has 3 heterocycles. The Balaban J connectivity index is 1.41. The van der Waals surface area contributed by atoms with Crippen LogP contribution in [0.5, 0.6) is 17.2 Å². The average Bonchev–Trinajstić information content (AvgIpc) is 3.32. The van der Waals surface area contributed by atoms with Gasteiger partial charge in [-0.3, -0.25) is 14.3 Å². The van der Waals surface area contributed by atoms with E-state index in [9.17, 15) is 22.8 Å². The van der Waals surface area contributed by atoms with Crippen molar-refractivity contribution in [3.8, 4) is 17.2 Å². The molecule has 5 rings (SSSR count). The SMILES string of the molecule is Cn1ccc(NC(=O)c2cc(Oc3ccc(C(=O)N4CC(F)(F)C4)c(F)c3)c3c(c2)OC(C)(C)C3)n1. The number of halogens is 3. The summed E-state index contributed by atoms with van der Waals surface area (Å²) in [5, 5.41) is 6.83. The van der Waals surface area contributed by atoms with E-state index in [2.05, 4.69) is 10.4 Å². The van der Waals surface area contributed by atoms with E-state index in [1.807, 2.05) is 13.8 Å². The molecule has 2 amide bonds. The van der Waals surface area contributed by atoms with Gasteiger partial charge in [0.1, 0.15) is 28.7 Å². The third-order valence-corrected chi connectivity index (χ3v) is 5.90. The van der Waals surface area contributed by atoms with E-state index in [0.29, 0.717) is 29.3 Å². The second-order valence-corrected chi connectivity index (χ2v) is 9.58. The number of ether oxygens (including phenoxy) is 2. The Morgan fingerprint density at radius 2 is 1.89 bits per heavy atom. The molecule has 2 aliphatic rings. The van der Waals surface area contributed by atoms with E-state index >= 15 is 0 Å². The number of anilines is 1. The maximum Gasteiger partial charge on any atom is 0.282 e. The molecule has 36 heavy (non-hydrogen) atoms. The molecule has 1 fully saturated rings. The molecule has 1 N–H and O–H groups in total. The van der Waals surface area contributed by atoms with Gasteiger partial charge in [0.25, 0.3) is 17.7 Å². The number of likely N-dealkylation sites (tertiary alicyclic amines) is 1.